The predicted octanol–water partition coefficient (Wildman–Crippen LogP) is 2.47. The van der Waals surface area contributed by atoms with Gasteiger partial charge in [-0.3, -0.25) is 4.79 Å². The molecule has 0 amide bonds. The summed E-state index contributed by atoms with van der Waals surface area (Å²) in [7, 11) is 0. The number of rotatable bonds is 4. The van der Waals surface area contributed by atoms with Gasteiger partial charge in [0.2, 0.25) is 0 Å². The average Bonchev–Trinajstić information content (AvgIpc) is 2.45. The summed E-state index contributed by atoms with van der Waals surface area (Å²) >= 11 is 0. The van der Waals surface area contributed by atoms with Gasteiger partial charge >= 0.3 is 5.97 Å². The first-order valence-corrected chi connectivity index (χ1v) is 4.13. The fraction of sp³-hybridized carbons (Fsp3) is 0.300. The van der Waals surface area contributed by atoms with Gasteiger partial charge in [-0.1, -0.05) is 6.08 Å². The van der Waals surface area contributed by atoms with Gasteiger partial charge in [-0.15, -0.1) is 0 Å². The summed E-state index contributed by atoms with van der Waals surface area (Å²) in [4.78, 5) is 10.2. The van der Waals surface area contributed by atoms with Gasteiger partial charge in [0.1, 0.15) is 11.5 Å². The number of aliphatic carboxylic acids is 1. The average molecular weight is 180 g/mol. The van der Waals surface area contributed by atoms with Crippen molar-refractivity contribution in [1.29, 1.82) is 0 Å². The molecule has 0 aliphatic rings. The predicted molar refractivity (Wildman–Crippen MR) is 49.3 cm³/mol. The second-order valence-corrected chi connectivity index (χ2v) is 2.78. The van der Waals surface area contributed by atoms with Crippen molar-refractivity contribution in [1.82, 2.24) is 0 Å². The Hall–Kier alpha value is -1.51. The summed E-state index contributed by atoms with van der Waals surface area (Å²) in [6, 6.07) is 3.73. The summed E-state index contributed by atoms with van der Waals surface area (Å²) in [6.07, 6.45) is 4.29. The highest BCUT2D eigenvalue weighted by Crippen LogP contribution is 2.08. The van der Waals surface area contributed by atoms with Crippen molar-refractivity contribution in [3.05, 3.63) is 29.7 Å². The van der Waals surface area contributed by atoms with Crippen LogP contribution in [0.15, 0.2) is 22.6 Å². The summed E-state index contributed by atoms with van der Waals surface area (Å²) in [5, 5.41) is 8.36. The number of hydrogen-bond acceptors (Lipinski definition) is 2. The Balaban J connectivity index is 2.36. The zero-order chi connectivity index (χ0) is 9.68. The van der Waals surface area contributed by atoms with E-state index in [-0.39, 0.29) is 6.42 Å². The van der Waals surface area contributed by atoms with Crippen LogP contribution in [0.2, 0.25) is 0 Å². The molecular weight excluding hydrogens is 168 g/mol. The van der Waals surface area contributed by atoms with Gasteiger partial charge in [-0.05, 0) is 31.6 Å². The number of hydrogen-bond donors (Lipinski definition) is 1. The zero-order valence-electron chi connectivity index (χ0n) is 7.49. The molecule has 3 nitrogen and oxygen atoms in total. The SMILES string of the molecule is Cc1ccc(C=CCCC(=O)O)o1. The fourth-order valence-corrected chi connectivity index (χ4v) is 0.949. The maximum Gasteiger partial charge on any atom is 0.303 e. The highest BCUT2D eigenvalue weighted by Gasteiger charge is 1.94. The van der Waals surface area contributed by atoms with E-state index in [0.717, 1.165) is 11.5 Å². The van der Waals surface area contributed by atoms with Crippen LogP contribution in [0.4, 0.5) is 0 Å². The molecule has 0 aliphatic carbocycles. The number of carbonyl (C=O) groups is 1. The van der Waals surface area contributed by atoms with Crippen LogP contribution in [0.3, 0.4) is 0 Å². The monoisotopic (exact) mass is 180 g/mol. The van der Waals surface area contributed by atoms with E-state index in [9.17, 15) is 4.79 Å². The second kappa shape index (κ2) is 4.50. The first-order chi connectivity index (χ1) is 6.18. The molecule has 13 heavy (non-hydrogen) atoms. The van der Waals surface area contributed by atoms with E-state index in [4.69, 9.17) is 9.52 Å². The van der Waals surface area contributed by atoms with Crippen LogP contribution in [-0.2, 0) is 4.79 Å². The topological polar surface area (TPSA) is 50.4 Å². The van der Waals surface area contributed by atoms with E-state index in [1.807, 2.05) is 19.1 Å². The minimum atomic E-state index is -0.778. The number of furan rings is 1. The Bertz CT molecular complexity index is 310. The van der Waals surface area contributed by atoms with Crippen LogP contribution < -0.4 is 0 Å². The Morgan fingerprint density at radius 2 is 2.38 bits per heavy atom. The molecule has 1 aromatic rings. The fourth-order valence-electron chi connectivity index (χ4n) is 0.949. The first kappa shape index (κ1) is 9.58. The molecule has 0 radical (unpaired) electrons. The van der Waals surface area contributed by atoms with Crippen LogP contribution in [0.5, 0.6) is 0 Å². The second-order valence-electron chi connectivity index (χ2n) is 2.78. The van der Waals surface area contributed by atoms with Crippen LogP contribution in [0.25, 0.3) is 6.08 Å². The van der Waals surface area contributed by atoms with Gasteiger partial charge in [-0.2, -0.15) is 0 Å². The van der Waals surface area contributed by atoms with E-state index in [0.29, 0.717) is 6.42 Å². The molecule has 70 valence electrons. The van der Waals surface area contributed by atoms with Crippen LogP contribution in [-0.4, -0.2) is 11.1 Å². The Morgan fingerprint density at radius 3 is 2.92 bits per heavy atom. The summed E-state index contributed by atoms with van der Waals surface area (Å²) in [5.74, 6) is 0.848. The Kier molecular flexibility index (Phi) is 3.31. The zero-order valence-corrected chi connectivity index (χ0v) is 7.49. The molecular formula is C10H12O3. The van der Waals surface area contributed by atoms with Gasteiger partial charge in [0.15, 0.2) is 0 Å². The van der Waals surface area contributed by atoms with Crippen LogP contribution in [0, 0.1) is 6.92 Å². The highest BCUT2D eigenvalue weighted by atomic mass is 16.4. The number of carboxylic acids is 1. The van der Waals surface area contributed by atoms with Gasteiger partial charge in [0.25, 0.3) is 0 Å². The summed E-state index contributed by atoms with van der Waals surface area (Å²) in [5.41, 5.74) is 0. The highest BCUT2D eigenvalue weighted by molar-refractivity contribution is 5.67. The Morgan fingerprint density at radius 1 is 1.62 bits per heavy atom. The molecule has 1 aromatic heterocycles. The number of aryl methyl sites for hydroxylation is 1. The third-order valence-electron chi connectivity index (χ3n) is 1.57. The van der Waals surface area contributed by atoms with E-state index in [1.165, 1.54) is 0 Å². The molecule has 0 unspecified atom stereocenters. The summed E-state index contributed by atoms with van der Waals surface area (Å²) < 4.78 is 5.26. The smallest absolute Gasteiger partial charge is 0.303 e. The largest absolute Gasteiger partial charge is 0.481 e. The lowest BCUT2D eigenvalue weighted by Crippen LogP contribution is -1.91. The van der Waals surface area contributed by atoms with Gasteiger partial charge in [0.05, 0.1) is 0 Å². The van der Waals surface area contributed by atoms with Crippen molar-refractivity contribution in [2.24, 2.45) is 0 Å². The number of carboxylic acid groups (broad SMARTS) is 1. The van der Waals surface area contributed by atoms with E-state index in [2.05, 4.69) is 0 Å². The third-order valence-corrected chi connectivity index (χ3v) is 1.57. The molecule has 0 saturated heterocycles. The molecule has 0 bridgehead atoms. The number of allylic oxidation sites excluding steroid dienone is 1. The minimum absolute atomic E-state index is 0.163. The van der Waals surface area contributed by atoms with E-state index in [1.54, 1.807) is 12.2 Å². The molecule has 1 rings (SSSR count). The molecule has 3 heteroatoms. The standard InChI is InChI=1S/C10H12O3/c1-8-6-7-9(13-8)4-2-3-5-10(11)12/h2,4,6-7H,3,5H2,1H3,(H,11,12). The quantitative estimate of drug-likeness (QED) is 0.774. The normalized spacial score (nSPS) is 10.8. The van der Waals surface area contributed by atoms with Crippen molar-refractivity contribution in [2.45, 2.75) is 19.8 Å². The molecule has 1 N–H and O–H groups in total. The lowest BCUT2D eigenvalue weighted by molar-refractivity contribution is -0.136. The molecule has 0 spiro atoms. The van der Waals surface area contributed by atoms with Crippen LogP contribution in [0.1, 0.15) is 24.4 Å². The van der Waals surface area contributed by atoms with E-state index >= 15 is 0 Å². The molecule has 1 heterocycles. The van der Waals surface area contributed by atoms with Gasteiger partial charge in [-0.25, -0.2) is 0 Å². The molecule has 0 saturated carbocycles. The van der Waals surface area contributed by atoms with Gasteiger partial charge < -0.3 is 9.52 Å². The van der Waals surface area contributed by atoms with Crippen LogP contribution >= 0.6 is 0 Å². The first-order valence-electron chi connectivity index (χ1n) is 4.13. The lowest BCUT2D eigenvalue weighted by atomic mass is 10.3. The van der Waals surface area contributed by atoms with Gasteiger partial charge in [0, 0.05) is 6.42 Å². The van der Waals surface area contributed by atoms with Crippen molar-refractivity contribution >= 4 is 12.0 Å². The Labute approximate surface area is 76.7 Å². The maximum atomic E-state index is 10.2. The minimum Gasteiger partial charge on any atom is -0.481 e. The molecule has 0 atom stereocenters. The lowest BCUT2D eigenvalue weighted by Gasteiger charge is -1.87. The van der Waals surface area contributed by atoms with Crippen molar-refractivity contribution in [3.63, 3.8) is 0 Å². The molecule has 0 fully saturated rings. The van der Waals surface area contributed by atoms with Crippen molar-refractivity contribution < 1.29 is 14.3 Å². The third kappa shape index (κ3) is 3.60. The molecule has 0 aromatic carbocycles. The molecule has 0 aliphatic heterocycles. The van der Waals surface area contributed by atoms with E-state index < -0.39 is 5.97 Å². The maximum absolute atomic E-state index is 10.2. The summed E-state index contributed by atoms with van der Waals surface area (Å²) in [6.45, 7) is 1.87. The van der Waals surface area contributed by atoms with Crippen molar-refractivity contribution in [2.75, 3.05) is 0 Å². The van der Waals surface area contributed by atoms with Crippen molar-refractivity contribution in [3.8, 4) is 0 Å².